The molecule has 11 heteroatoms. The third kappa shape index (κ3) is 4.56. The summed E-state index contributed by atoms with van der Waals surface area (Å²) < 4.78 is 1.38. The van der Waals surface area contributed by atoms with Crippen molar-refractivity contribution in [3.05, 3.63) is 109 Å². The molecule has 0 spiro atoms. The van der Waals surface area contributed by atoms with Crippen LogP contribution in [0.15, 0.2) is 82.6 Å². The van der Waals surface area contributed by atoms with Gasteiger partial charge in [0.25, 0.3) is 0 Å². The van der Waals surface area contributed by atoms with Gasteiger partial charge in [-0.05, 0) is 48.4 Å². The minimum absolute atomic E-state index is 0.246. The van der Waals surface area contributed by atoms with Gasteiger partial charge in [0.05, 0.1) is 26.7 Å². The fourth-order valence-electron chi connectivity index (χ4n) is 5.25. The van der Waals surface area contributed by atoms with Crippen molar-refractivity contribution in [3.63, 3.8) is 0 Å². The van der Waals surface area contributed by atoms with E-state index in [4.69, 9.17) is 23.2 Å². The van der Waals surface area contributed by atoms with Gasteiger partial charge < -0.3 is 5.32 Å². The summed E-state index contributed by atoms with van der Waals surface area (Å²) in [6, 6.07) is 21.2. The van der Waals surface area contributed by atoms with E-state index in [2.05, 4.69) is 5.32 Å². The first-order valence-electron chi connectivity index (χ1n) is 12.4. The second kappa shape index (κ2) is 10.6. The van der Waals surface area contributed by atoms with Crippen molar-refractivity contribution >= 4 is 75.4 Å². The lowest BCUT2D eigenvalue weighted by atomic mass is 9.83. The second-order valence-corrected chi connectivity index (χ2v) is 12.5. The van der Waals surface area contributed by atoms with Gasteiger partial charge in [-0.25, -0.2) is 4.90 Å². The van der Waals surface area contributed by atoms with Gasteiger partial charge in [-0.1, -0.05) is 88.8 Å². The number of carbonyl (C=O) groups excluding carboxylic acids is 3. The number of nitrogens with zero attached hydrogens (tertiary/aromatic N) is 2. The second-order valence-electron chi connectivity index (χ2n) is 9.57. The smallest absolute Gasteiger partial charge is 0.308 e. The van der Waals surface area contributed by atoms with Crippen LogP contribution in [0, 0.1) is 12.8 Å². The summed E-state index contributed by atoms with van der Waals surface area (Å²) in [4.78, 5) is 55.4. The monoisotopic (exact) mass is 609 g/mol. The molecule has 3 atom stereocenters. The standard InChI is InChI=1S/C29H21Cl2N3O4S2/c1-15-7-5-8-16(13-15)32-20(35)14-33-28-25(40-29(33)38)21(18-11-6-12-19(30)23(18)31)22-24(39-28)27(37)34(26(22)36)17-9-3-2-4-10-17/h2-13,21-22,24H,14H2,1H3,(H,32,35). The van der Waals surface area contributed by atoms with E-state index in [9.17, 15) is 19.2 Å². The molecule has 7 nitrogen and oxygen atoms in total. The largest absolute Gasteiger partial charge is 0.325 e. The molecule has 3 amide bonds. The molecule has 2 aliphatic rings. The summed E-state index contributed by atoms with van der Waals surface area (Å²) in [6.07, 6.45) is 0. The first-order chi connectivity index (χ1) is 19.2. The van der Waals surface area contributed by atoms with Gasteiger partial charge in [-0.2, -0.15) is 0 Å². The third-order valence-corrected chi connectivity index (χ3v) is 10.4. The highest BCUT2D eigenvalue weighted by atomic mass is 35.5. The molecule has 0 aliphatic carbocycles. The Kier molecular flexibility index (Phi) is 7.08. The number of benzene rings is 3. The number of fused-ring (bicyclic) bond motifs is 2. The number of hydrogen-bond donors (Lipinski definition) is 1. The molecular weight excluding hydrogens is 589 g/mol. The Hall–Kier alpha value is -3.37. The van der Waals surface area contributed by atoms with Crippen molar-refractivity contribution in [1.82, 2.24) is 4.57 Å². The topological polar surface area (TPSA) is 88.5 Å². The minimum Gasteiger partial charge on any atom is -0.325 e. The first kappa shape index (κ1) is 26.8. The molecular formula is C29H21Cl2N3O4S2. The SMILES string of the molecule is Cc1cccc(NC(=O)Cn2c3c(sc2=O)C(c2cccc(Cl)c2Cl)C2C(=O)N(c4ccccc4)C(=O)C2S3)c1. The van der Waals surface area contributed by atoms with Crippen LogP contribution in [0.1, 0.15) is 21.9 Å². The summed E-state index contributed by atoms with van der Waals surface area (Å²) in [5.74, 6) is -2.64. The lowest BCUT2D eigenvalue weighted by Gasteiger charge is -2.31. The number of hydrogen-bond acceptors (Lipinski definition) is 6. The van der Waals surface area contributed by atoms with Crippen LogP contribution >= 0.6 is 46.3 Å². The summed E-state index contributed by atoms with van der Waals surface area (Å²) >= 11 is 15.1. The maximum atomic E-state index is 13.9. The van der Waals surface area contributed by atoms with E-state index in [1.807, 2.05) is 31.2 Å². The molecule has 202 valence electrons. The molecule has 1 aromatic heterocycles. The number of thiazole rings is 1. The zero-order valence-electron chi connectivity index (χ0n) is 21.0. The van der Waals surface area contributed by atoms with Gasteiger partial charge in [-0.15, -0.1) is 0 Å². The van der Waals surface area contributed by atoms with Gasteiger partial charge >= 0.3 is 4.87 Å². The van der Waals surface area contributed by atoms with Crippen molar-refractivity contribution < 1.29 is 14.4 Å². The molecule has 40 heavy (non-hydrogen) atoms. The third-order valence-electron chi connectivity index (χ3n) is 6.98. The van der Waals surface area contributed by atoms with Crippen LogP contribution in [0.4, 0.5) is 11.4 Å². The van der Waals surface area contributed by atoms with Gasteiger partial charge in [0, 0.05) is 16.5 Å². The molecule has 3 unspecified atom stereocenters. The number of imide groups is 1. The number of aryl methyl sites for hydroxylation is 1. The molecule has 1 saturated heterocycles. The Labute approximate surface area is 247 Å². The zero-order valence-corrected chi connectivity index (χ0v) is 24.1. The van der Waals surface area contributed by atoms with Crippen molar-refractivity contribution in [2.24, 2.45) is 5.92 Å². The quantitative estimate of drug-likeness (QED) is 0.282. The predicted octanol–water partition coefficient (Wildman–Crippen LogP) is 5.96. The van der Waals surface area contributed by atoms with Crippen molar-refractivity contribution in [2.75, 3.05) is 10.2 Å². The van der Waals surface area contributed by atoms with Crippen molar-refractivity contribution in [2.45, 2.75) is 29.7 Å². The molecule has 1 fully saturated rings. The van der Waals surface area contributed by atoms with Gasteiger partial charge in [0.1, 0.15) is 11.8 Å². The van der Waals surface area contributed by atoms with E-state index in [-0.39, 0.29) is 34.2 Å². The van der Waals surface area contributed by atoms with Crippen LogP contribution in [0.25, 0.3) is 0 Å². The summed E-state index contributed by atoms with van der Waals surface area (Å²) in [5.41, 5.74) is 2.63. The molecule has 2 aliphatic heterocycles. The highest BCUT2D eigenvalue weighted by Crippen LogP contribution is 2.55. The van der Waals surface area contributed by atoms with Crippen LogP contribution in [0.3, 0.4) is 0 Å². The lowest BCUT2D eigenvalue weighted by Crippen LogP contribution is -2.33. The fraction of sp³-hybridized carbons (Fsp3) is 0.172. The van der Waals surface area contributed by atoms with E-state index < -0.39 is 17.1 Å². The van der Waals surface area contributed by atoms with Crippen LogP contribution in [-0.4, -0.2) is 27.5 Å². The normalized spacial score (nSPS) is 19.9. The van der Waals surface area contributed by atoms with E-state index in [1.54, 1.807) is 48.5 Å². The Morgan fingerprint density at radius 1 is 0.950 bits per heavy atom. The van der Waals surface area contributed by atoms with E-state index in [0.29, 0.717) is 31.9 Å². The number of rotatable bonds is 5. The first-order valence-corrected chi connectivity index (χ1v) is 14.8. The molecule has 3 aromatic carbocycles. The molecule has 0 radical (unpaired) electrons. The van der Waals surface area contributed by atoms with Gasteiger partial charge in [0.15, 0.2) is 0 Å². The summed E-state index contributed by atoms with van der Waals surface area (Å²) in [5, 5.41) is 3.05. The predicted molar refractivity (Wildman–Crippen MR) is 159 cm³/mol. The van der Waals surface area contributed by atoms with E-state index in [0.717, 1.165) is 28.7 Å². The van der Waals surface area contributed by atoms with Gasteiger partial charge in [-0.3, -0.25) is 23.7 Å². The highest BCUT2D eigenvalue weighted by Gasteiger charge is 2.57. The van der Waals surface area contributed by atoms with Crippen LogP contribution in [-0.2, 0) is 20.9 Å². The fourth-order valence-corrected chi connectivity index (χ4v) is 8.44. The number of anilines is 2. The Morgan fingerprint density at radius 2 is 1.70 bits per heavy atom. The van der Waals surface area contributed by atoms with E-state index in [1.165, 1.54) is 9.47 Å². The molecule has 6 rings (SSSR count). The Balaban J connectivity index is 1.44. The number of para-hydroxylation sites is 1. The minimum atomic E-state index is -0.819. The zero-order chi connectivity index (χ0) is 28.1. The number of aromatic nitrogens is 1. The van der Waals surface area contributed by atoms with Crippen LogP contribution < -0.4 is 15.1 Å². The highest BCUT2D eigenvalue weighted by molar-refractivity contribution is 8.00. The summed E-state index contributed by atoms with van der Waals surface area (Å²) in [6.45, 7) is 1.67. The number of halogens is 2. The number of nitrogens with one attached hydrogen (secondary N) is 1. The molecule has 0 bridgehead atoms. The maximum absolute atomic E-state index is 13.9. The Bertz CT molecular complexity index is 1740. The average molecular weight is 611 g/mol. The van der Waals surface area contributed by atoms with Gasteiger partial charge in [0.2, 0.25) is 17.7 Å². The average Bonchev–Trinajstić information content (AvgIpc) is 3.37. The number of amides is 3. The molecule has 3 heterocycles. The molecule has 0 saturated carbocycles. The van der Waals surface area contributed by atoms with Crippen molar-refractivity contribution in [1.29, 1.82) is 0 Å². The van der Waals surface area contributed by atoms with Crippen LogP contribution in [0.5, 0.6) is 0 Å². The lowest BCUT2D eigenvalue weighted by molar-refractivity contribution is -0.122. The molecule has 4 aromatic rings. The molecule has 1 N–H and O–H groups in total. The van der Waals surface area contributed by atoms with Crippen LogP contribution in [0.2, 0.25) is 10.0 Å². The Morgan fingerprint density at radius 3 is 2.45 bits per heavy atom. The maximum Gasteiger partial charge on any atom is 0.308 e. The van der Waals surface area contributed by atoms with Crippen molar-refractivity contribution in [3.8, 4) is 0 Å². The van der Waals surface area contributed by atoms with E-state index >= 15 is 0 Å². The number of thioether (sulfide) groups is 1. The summed E-state index contributed by atoms with van der Waals surface area (Å²) in [7, 11) is 0. The number of carbonyl (C=O) groups is 3.